The highest BCUT2D eigenvalue weighted by Crippen LogP contribution is 1.96. The quantitative estimate of drug-likeness (QED) is 0.466. The molecule has 0 saturated heterocycles. The van der Waals surface area contributed by atoms with Crippen molar-refractivity contribution in [3.63, 3.8) is 0 Å². The molecule has 7 heteroatoms. The van der Waals surface area contributed by atoms with Gasteiger partial charge in [-0.3, -0.25) is 4.79 Å². The standard InChI is InChI=1S/C6H13NO3.C6H15NO2/c1-4(10-3)5(7-2)6(8)9;1-5(9-3)6(4-8)7-2/h4-5,7H,1-3H3,(H,8,9);5-8H,4H2,1-3H3/t4-,5+;5-,6-/m11/s1. The molecule has 7 nitrogen and oxygen atoms in total. The molecule has 0 aliphatic rings. The smallest absolute Gasteiger partial charge is 0.323 e. The van der Waals surface area contributed by atoms with E-state index in [0.29, 0.717) is 0 Å². The van der Waals surface area contributed by atoms with Crippen molar-refractivity contribution in [2.24, 2.45) is 0 Å². The maximum absolute atomic E-state index is 10.4. The number of hydrogen-bond acceptors (Lipinski definition) is 6. The van der Waals surface area contributed by atoms with Crippen molar-refractivity contribution >= 4 is 5.97 Å². The van der Waals surface area contributed by atoms with Crippen molar-refractivity contribution in [2.75, 3.05) is 34.9 Å². The zero-order valence-electron chi connectivity index (χ0n) is 12.6. The van der Waals surface area contributed by atoms with Gasteiger partial charge in [0.1, 0.15) is 6.04 Å². The van der Waals surface area contributed by atoms with Crippen LogP contribution in [-0.4, -0.2) is 75.4 Å². The Labute approximate surface area is 115 Å². The zero-order valence-corrected chi connectivity index (χ0v) is 12.6. The van der Waals surface area contributed by atoms with Gasteiger partial charge in [-0.2, -0.15) is 0 Å². The van der Waals surface area contributed by atoms with Crippen molar-refractivity contribution in [3.05, 3.63) is 0 Å². The van der Waals surface area contributed by atoms with Crippen LogP contribution in [0, 0.1) is 0 Å². The lowest BCUT2D eigenvalue weighted by Crippen LogP contribution is -2.43. The molecule has 0 unspecified atom stereocenters. The van der Waals surface area contributed by atoms with Gasteiger partial charge in [-0.1, -0.05) is 0 Å². The molecule has 0 radical (unpaired) electrons. The molecule has 0 rings (SSSR count). The monoisotopic (exact) mass is 280 g/mol. The second-order valence-electron chi connectivity index (χ2n) is 4.06. The molecule has 0 heterocycles. The first-order valence-corrected chi connectivity index (χ1v) is 6.13. The van der Waals surface area contributed by atoms with Gasteiger partial charge in [-0.05, 0) is 27.9 Å². The van der Waals surface area contributed by atoms with Crippen LogP contribution in [0.1, 0.15) is 13.8 Å². The summed E-state index contributed by atoms with van der Waals surface area (Å²) in [6.45, 7) is 3.73. The Morgan fingerprint density at radius 3 is 1.68 bits per heavy atom. The number of nitrogens with one attached hydrogen (secondary N) is 2. The number of carboxylic acids is 1. The van der Waals surface area contributed by atoms with E-state index in [-0.39, 0.29) is 24.9 Å². The molecule has 116 valence electrons. The second-order valence-corrected chi connectivity index (χ2v) is 4.06. The number of likely N-dealkylation sites (N-methyl/N-ethyl adjacent to an activating group) is 2. The van der Waals surface area contributed by atoms with Crippen molar-refractivity contribution < 1.29 is 24.5 Å². The van der Waals surface area contributed by atoms with E-state index in [0.717, 1.165) is 0 Å². The predicted molar refractivity (Wildman–Crippen MR) is 73.4 cm³/mol. The lowest BCUT2D eigenvalue weighted by Gasteiger charge is -2.19. The van der Waals surface area contributed by atoms with Crippen LogP contribution in [0.3, 0.4) is 0 Å². The van der Waals surface area contributed by atoms with Gasteiger partial charge >= 0.3 is 5.97 Å². The maximum atomic E-state index is 10.4. The summed E-state index contributed by atoms with van der Waals surface area (Å²) in [5, 5.41) is 22.8. The van der Waals surface area contributed by atoms with Crippen LogP contribution in [-0.2, 0) is 14.3 Å². The first-order valence-electron chi connectivity index (χ1n) is 6.13. The van der Waals surface area contributed by atoms with Crippen LogP contribution in [0.4, 0.5) is 0 Å². The lowest BCUT2D eigenvalue weighted by atomic mass is 10.2. The van der Waals surface area contributed by atoms with E-state index in [1.165, 1.54) is 7.11 Å². The summed E-state index contributed by atoms with van der Waals surface area (Å²) < 4.78 is 9.79. The van der Waals surface area contributed by atoms with E-state index in [4.69, 9.17) is 19.7 Å². The van der Waals surface area contributed by atoms with Crippen molar-refractivity contribution in [1.82, 2.24) is 10.6 Å². The van der Waals surface area contributed by atoms with Gasteiger partial charge in [0.05, 0.1) is 24.9 Å². The predicted octanol–water partition coefficient (Wildman–Crippen LogP) is -0.704. The van der Waals surface area contributed by atoms with Gasteiger partial charge in [0.25, 0.3) is 0 Å². The molecule has 0 fully saturated rings. The minimum atomic E-state index is -0.892. The molecule has 0 aliphatic heterocycles. The van der Waals surface area contributed by atoms with Gasteiger partial charge in [-0.15, -0.1) is 0 Å². The highest BCUT2D eigenvalue weighted by atomic mass is 16.5. The summed E-state index contributed by atoms with van der Waals surface area (Å²) in [5.41, 5.74) is 0. The number of aliphatic carboxylic acids is 1. The Balaban J connectivity index is 0. The molecule has 0 amide bonds. The Morgan fingerprint density at radius 1 is 1.11 bits per heavy atom. The normalized spacial score (nSPS) is 16.8. The van der Waals surface area contributed by atoms with Crippen molar-refractivity contribution in [3.8, 4) is 0 Å². The number of carboxylic acid groups (broad SMARTS) is 1. The van der Waals surface area contributed by atoms with Gasteiger partial charge < -0.3 is 30.3 Å². The summed E-state index contributed by atoms with van der Waals surface area (Å²) >= 11 is 0. The number of hydrogen-bond donors (Lipinski definition) is 4. The van der Waals surface area contributed by atoms with Crippen LogP contribution >= 0.6 is 0 Å². The second kappa shape index (κ2) is 12.3. The third-order valence-corrected chi connectivity index (χ3v) is 2.92. The van der Waals surface area contributed by atoms with Crippen molar-refractivity contribution in [2.45, 2.75) is 38.1 Å². The minimum absolute atomic E-state index is 0.0509. The lowest BCUT2D eigenvalue weighted by molar-refractivity contribution is -0.142. The molecule has 0 aromatic heterocycles. The van der Waals surface area contributed by atoms with E-state index in [1.54, 1.807) is 28.1 Å². The number of aliphatic hydroxyl groups excluding tert-OH is 1. The van der Waals surface area contributed by atoms with E-state index in [1.807, 2.05) is 6.92 Å². The summed E-state index contributed by atoms with van der Waals surface area (Å²) in [6.07, 6.45) is -0.234. The fourth-order valence-corrected chi connectivity index (χ4v) is 1.33. The third kappa shape index (κ3) is 8.90. The van der Waals surface area contributed by atoms with Gasteiger partial charge in [0.2, 0.25) is 0 Å². The highest BCUT2D eigenvalue weighted by Gasteiger charge is 2.21. The zero-order chi connectivity index (χ0) is 15.4. The summed E-state index contributed by atoms with van der Waals surface area (Å²) in [5.74, 6) is -0.892. The number of methoxy groups -OCH3 is 2. The number of aliphatic hydroxyl groups is 1. The molecule has 0 aromatic rings. The fourth-order valence-electron chi connectivity index (χ4n) is 1.33. The fraction of sp³-hybridized carbons (Fsp3) is 0.917. The average molecular weight is 280 g/mol. The van der Waals surface area contributed by atoms with Crippen LogP contribution in [0.2, 0.25) is 0 Å². The molecule has 0 bridgehead atoms. The third-order valence-electron chi connectivity index (χ3n) is 2.92. The molecular weight excluding hydrogens is 252 g/mol. The molecule has 19 heavy (non-hydrogen) atoms. The first-order chi connectivity index (χ1) is 8.89. The number of ether oxygens (including phenoxy) is 2. The Hall–Kier alpha value is -0.730. The SMILES string of the molecule is CN[C@H](C(=O)O)[C@@H](C)OC.CN[C@H](CO)[C@@H](C)OC. The van der Waals surface area contributed by atoms with Crippen molar-refractivity contribution in [1.29, 1.82) is 0 Å². The molecule has 0 spiro atoms. The van der Waals surface area contributed by atoms with Crippen LogP contribution < -0.4 is 10.6 Å². The largest absolute Gasteiger partial charge is 0.480 e. The van der Waals surface area contributed by atoms with Crippen LogP contribution in [0.5, 0.6) is 0 Å². The molecule has 0 saturated carbocycles. The Morgan fingerprint density at radius 2 is 1.58 bits per heavy atom. The average Bonchev–Trinajstić information content (AvgIpc) is 2.40. The summed E-state index contributed by atoms with van der Waals surface area (Å²) in [4.78, 5) is 10.4. The molecule has 0 aromatic carbocycles. The minimum Gasteiger partial charge on any atom is -0.480 e. The molecule has 4 N–H and O–H groups in total. The van der Waals surface area contributed by atoms with Gasteiger partial charge in [0.15, 0.2) is 0 Å². The Bertz CT molecular complexity index is 224. The number of carbonyl (C=O) groups is 1. The summed E-state index contributed by atoms with van der Waals surface area (Å²) in [6, 6.07) is -0.569. The van der Waals surface area contributed by atoms with E-state index in [9.17, 15) is 4.79 Å². The van der Waals surface area contributed by atoms with Gasteiger partial charge in [-0.25, -0.2) is 0 Å². The molecule has 0 aliphatic carbocycles. The van der Waals surface area contributed by atoms with Crippen LogP contribution in [0.25, 0.3) is 0 Å². The van der Waals surface area contributed by atoms with Crippen LogP contribution in [0.15, 0.2) is 0 Å². The molecule has 4 atom stereocenters. The summed E-state index contributed by atoms with van der Waals surface area (Å²) in [7, 11) is 6.51. The number of rotatable bonds is 8. The van der Waals surface area contributed by atoms with E-state index >= 15 is 0 Å². The highest BCUT2D eigenvalue weighted by molar-refractivity contribution is 5.74. The topological polar surface area (TPSA) is 100 Å². The molecular formula is C12H28N2O5. The van der Waals surface area contributed by atoms with E-state index in [2.05, 4.69) is 10.6 Å². The van der Waals surface area contributed by atoms with Gasteiger partial charge in [0, 0.05) is 14.2 Å². The Kier molecular flexibility index (Phi) is 13.3. The maximum Gasteiger partial charge on any atom is 0.323 e. The first kappa shape index (κ1) is 20.6. The van der Waals surface area contributed by atoms with E-state index < -0.39 is 12.0 Å².